The normalized spacial score (nSPS) is 20.8. The summed E-state index contributed by atoms with van der Waals surface area (Å²) >= 11 is 0. The SMILES string of the molecule is CC1CCCCN1CCCNS(=O)(=O)c1c[nH]c(CN)c1. The largest absolute Gasteiger partial charge is 0.363 e. The molecule has 1 aliphatic heterocycles. The van der Waals surface area contributed by atoms with E-state index < -0.39 is 10.0 Å². The molecule has 120 valence electrons. The van der Waals surface area contributed by atoms with Gasteiger partial charge in [0.1, 0.15) is 0 Å². The number of H-pyrrole nitrogens is 1. The van der Waals surface area contributed by atoms with Crippen molar-refractivity contribution in [3.63, 3.8) is 0 Å². The second-order valence-electron chi connectivity index (χ2n) is 5.70. The summed E-state index contributed by atoms with van der Waals surface area (Å²) in [5, 5.41) is 0. The molecule has 2 heterocycles. The lowest BCUT2D eigenvalue weighted by atomic mass is 10.0. The second kappa shape index (κ2) is 7.40. The number of nitrogens with one attached hydrogen (secondary N) is 2. The Balaban J connectivity index is 1.77. The smallest absolute Gasteiger partial charge is 0.242 e. The summed E-state index contributed by atoms with van der Waals surface area (Å²) in [6.07, 6.45) is 6.12. The first-order valence-electron chi connectivity index (χ1n) is 7.64. The third kappa shape index (κ3) is 4.54. The van der Waals surface area contributed by atoms with Gasteiger partial charge in [0.25, 0.3) is 0 Å². The zero-order chi connectivity index (χ0) is 15.3. The van der Waals surface area contributed by atoms with Gasteiger partial charge in [-0.25, -0.2) is 13.1 Å². The van der Waals surface area contributed by atoms with Gasteiger partial charge in [0.05, 0.1) is 4.90 Å². The highest BCUT2D eigenvalue weighted by atomic mass is 32.2. The number of aromatic amines is 1. The van der Waals surface area contributed by atoms with E-state index in [1.807, 2.05) is 0 Å². The molecule has 2 rings (SSSR count). The van der Waals surface area contributed by atoms with E-state index in [1.165, 1.54) is 25.5 Å². The highest BCUT2D eigenvalue weighted by Gasteiger charge is 2.18. The van der Waals surface area contributed by atoms with Crippen molar-refractivity contribution in [3.05, 3.63) is 18.0 Å². The Bertz CT molecular complexity index is 541. The summed E-state index contributed by atoms with van der Waals surface area (Å²) in [7, 11) is -3.42. The van der Waals surface area contributed by atoms with Crippen LogP contribution in [0.2, 0.25) is 0 Å². The molecule has 6 nitrogen and oxygen atoms in total. The number of likely N-dealkylation sites (tertiary alicyclic amines) is 1. The number of aromatic nitrogens is 1. The number of piperidine rings is 1. The van der Waals surface area contributed by atoms with Crippen molar-refractivity contribution in [2.24, 2.45) is 5.73 Å². The zero-order valence-electron chi connectivity index (χ0n) is 12.6. The number of rotatable bonds is 7. The monoisotopic (exact) mass is 314 g/mol. The lowest BCUT2D eigenvalue weighted by Crippen LogP contribution is -2.39. The summed E-state index contributed by atoms with van der Waals surface area (Å²) in [6.45, 7) is 5.10. The van der Waals surface area contributed by atoms with Gasteiger partial charge in [-0.05, 0) is 45.3 Å². The molecule has 1 atom stereocenters. The highest BCUT2D eigenvalue weighted by molar-refractivity contribution is 7.89. The van der Waals surface area contributed by atoms with Crippen LogP contribution in [0.1, 0.15) is 38.3 Å². The Morgan fingerprint density at radius 1 is 1.48 bits per heavy atom. The van der Waals surface area contributed by atoms with Crippen LogP contribution < -0.4 is 10.5 Å². The molecule has 7 heteroatoms. The Kier molecular flexibility index (Phi) is 5.80. The first kappa shape index (κ1) is 16.5. The van der Waals surface area contributed by atoms with Crippen LogP contribution in [-0.2, 0) is 16.6 Å². The van der Waals surface area contributed by atoms with Crippen molar-refractivity contribution < 1.29 is 8.42 Å². The van der Waals surface area contributed by atoms with Crippen LogP contribution >= 0.6 is 0 Å². The number of nitrogens with zero attached hydrogens (tertiary/aromatic N) is 1. The van der Waals surface area contributed by atoms with Crippen LogP contribution in [0.3, 0.4) is 0 Å². The maximum absolute atomic E-state index is 12.1. The molecule has 0 spiro atoms. The minimum absolute atomic E-state index is 0.259. The summed E-state index contributed by atoms with van der Waals surface area (Å²) in [5.41, 5.74) is 6.19. The van der Waals surface area contributed by atoms with Gasteiger partial charge in [-0.2, -0.15) is 0 Å². The van der Waals surface area contributed by atoms with Crippen LogP contribution in [0.5, 0.6) is 0 Å². The first-order chi connectivity index (χ1) is 10.0. The fraction of sp³-hybridized carbons (Fsp3) is 0.714. The molecule has 0 amide bonds. The van der Waals surface area contributed by atoms with Gasteiger partial charge in [-0.15, -0.1) is 0 Å². The standard InChI is InChI=1S/C14H26N4O2S/c1-12-5-2-3-7-18(12)8-4-6-17-21(19,20)14-9-13(10-15)16-11-14/h9,11-12,16-17H,2-8,10,15H2,1H3. The van der Waals surface area contributed by atoms with E-state index in [-0.39, 0.29) is 4.90 Å². The summed E-state index contributed by atoms with van der Waals surface area (Å²) < 4.78 is 26.8. The van der Waals surface area contributed by atoms with Gasteiger partial charge >= 0.3 is 0 Å². The van der Waals surface area contributed by atoms with Gasteiger partial charge < -0.3 is 15.6 Å². The van der Waals surface area contributed by atoms with Gasteiger partial charge in [0.2, 0.25) is 10.0 Å². The number of hydrogen-bond acceptors (Lipinski definition) is 4. The van der Waals surface area contributed by atoms with E-state index in [0.29, 0.717) is 19.1 Å². The lowest BCUT2D eigenvalue weighted by molar-refractivity contribution is 0.159. The maximum Gasteiger partial charge on any atom is 0.242 e. The maximum atomic E-state index is 12.1. The first-order valence-corrected chi connectivity index (χ1v) is 9.12. The predicted molar refractivity (Wildman–Crippen MR) is 83.4 cm³/mol. The van der Waals surface area contributed by atoms with Crippen LogP contribution in [0.4, 0.5) is 0 Å². The topological polar surface area (TPSA) is 91.2 Å². The molecule has 4 N–H and O–H groups in total. The average Bonchev–Trinajstić information content (AvgIpc) is 2.95. The van der Waals surface area contributed by atoms with E-state index in [9.17, 15) is 8.42 Å². The Labute approximate surface area is 127 Å². The molecule has 1 fully saturated rings. The fourth-order valence-electron chi connectivity index (χ4n) is 2.75. The van der Waals surface area contributed by atoms with Crippen molar-refractivity contribution >= 4 is 10.0 Å². The molecule has 1 aromatic heterocycles. The van der Waals surface area contributed by atoms with Crippen LogP contribution in [0.25, 0.3) is 0 Å². The second-order valence-corrected chi connectivity index (χ2v) is 7.46. The van der Waals surface area contributed by atoms with Crippen molar-refractivity contribution in [2.75, 3.05) is 19.6 Å². The molecule has 21 heavy (non-hydrogen) atoms. The van der Waals surface area contributed by atoms with Crippen LogP contribution in [0, 0.1) is 0 Å². The molecule has 1 saturated heterocycles. The Morgan fingerprint density at radius 2 is 2.29 bits per heavy atom. The molecule has 1 unspecified atom stereocenters. The minimum atomic E-state index is -3.42. The number of nitrogens with two attached hydrogens (primary N) is 1. The number of hydrogen-bond donors (Lipinski definition) is 3. The van der Waals surface area contributed by atoms with Crippen molar-refractivity contribution in [3.8, 4) is 0 Å². The quantitative estimate of drug-likeness (QED) is 0.655. The summed E-state index contributed by atoms with van der Waals surface area (Å²) in [4.78, 5) is 5.56. The van der Waals surface area contributed by atoms with Crippen molar-refractivity contribution in [1.82, 2.24) is 14.6 Å². The Morgan fingerprint density at radius 3 is 2.95 bits per heavy atom. The summed E-state index contributed by atoms with van der Waals surface area (Å²) in [5.74, 6) is 0. The predicted octanol–water partition coefficient (Wildman–Crippen LogP) is 1.02. The van der Waals surface area contributed by atoms with Crippen molar-refractivity contribution in [1.29, 1.82) is 0 Å². The molecular weight excluding hydrogens is 288 g/mol. The van der Waals surface area contributed by atoms with E-state index in [4.69, 9.17) is 5.73 Å². The molecule has 1 aromatic rings. The third-order valence-corrected chi connectivity index (χ3v) is 5.54. The molecule has 0 saturated carbocycles. The van der Waals surface area contributed by atoms with Gasteiger partial charge in [-0.1, -0.05) is 6.42 Å². The van der Waals surface area contributed by atoms with E-state index >= 15 is 0 Å². The zero-order valence-corrected chi connectivity index (χ0v) is 13.5. The Hall–Kier alpha value is -0.890. The van der Waals surface area contributed by atoms with Gasteiger partial charge in [0, 0.05) is 31.0 Å². The minimum Gasteiger partial charge on any atom is -0.363 e. The molecule has 1 aliphatic rings. The molecule has 0 aromatic carbocycles. The van der Waals surface area contributed by atoms with E-state index in [1.54, 1.807) is 6.07 Å². The fourth-order valence-corrected chi connectivity index (χ4v) is 3.84. The van der Waals surface area contributed by atoms with E-state index in [2.05, 4.69) is 21.5 Å². The molecule has 0 bridgehead atoms. The van der Waals surface area contributed by atoms with Crippen LogP contribution in [0.15, 0.2) is 17.2 Å². The third-order valence-electron chi connectivity index (χ3n) is 4.10. The van der Waals surface area contributed by atoms with Gasteiger partial charge in [-0.3, -0.25) is 0 Å². The van der Waals surface area contributed by atoms with E-state index in [0.717, 1.165) is 25.2 Å². The molecular formula is C14H26N4O2S. The lowest BCUT2D eigenvalue weighted by Gasteiger charge is -2.33. The van der Waals surface area contributed by atoms with Crippen LogP contribution in [-0.4, -0.2) is 44.0 Å². The number of sulfonamides is 1. The highest BCUT2D eigenvalue weighted by Crippen LogP contribution is 2.16. The summed E-state index contributed by atoms with van der Waals surface area (Å²) in [6, 6.07) is 2.20. The van der Waals surface area contributed by atoms with Gasteiger partial charge in [0.15, 0.2) is 0 Å². The molecule has 0 aliphatic carbocycles. The van der Waals surface area contributed by atoms with Crippen molar-refractivity contribution in [2.45, 2.75) is 50.1 Å². The molecule has 0 radical (unpaired) electrons. The average molecular weight is 314 g/mol.